The van der Waals surface area contributed by atoms with E-state index in [1.165, 1.54) is 24.6 Å². The maximum atomic E-state index is 14.7. The number of thiophene rings is 1. The number of anilines is 1. The smallest absolute Gasteiger partial charge is 0.167 e. The summed E-state index contributed by atoms with van der Waals surface area (Å²) in [5.41, 5.74) is 4.26. The molecule has 20 heavy (non-hydrogen) atoms. The van der Waals surface area contributed by atoms with E-state index in [9.17, 15) is 9.50 Å². The largest absolute Gasteiger partial charge is 0.394 e. The van der Waals surface area contributed by atoms with Gasteiger partial charge in [-0.25, -0.2) is 14.4 Å². The summed E-state index contributed by atoms with van der Waals surface area (Å²) < 4.78 is 20.2. The van der Waals surface area contributed by atoms with Crippen LogP contribution in [0.2, 0.25) is 0 Å². The molecule has 8 heteroatoms. The van der Waals surface area contributed by atoms with E-state index in [1.54, 1.807) is 5.38 Å². The van der Waals surface area contributed by atoms with Crippen LogP contribution in [0, 0.1) is 0 Å². The van der Waals surface area contributed by atoms with Crippen molar-refractivity contribution in [3.63, 3.8) is 0 Å². The molecule has 4 atom stereocenters. The summed E-state index contributed by atoms with van der Waals surface area (Å²) in [6, 6.07) is 0. The number of rotatable bonds is 2. The molecule has 1 aliphatic heterocycles. The maximum Gasteiger partial charge on any atom is 0.167 e. The molecule has 0 spiro atoms. The van der Waals surface area contributed by atoms with Crippen LogP contribution in [0.25, 0.3) is 10.9 Å². The molecule has 0 aliphatic carbocycles. The lowest BCUT2D eigenvalue weighted by atomic mass is 9.93. The maximum absolute atomic E-state index is 14.7. The molecule has 4 N–H and O–H groups in total. The van der Waals surface area contributed by atoms with Gasteiger partial charge in [-0.15, -0.1) is 11.3 Å². The molecule has 108 valence electrons. The number of hydrogen-bond acceptors (Lipinski definition) is 7. The van der Waals surface area contributed by atoms with Crippen molar-refractivity contribution in [2.24, 2.45) is 0 Å². The van der Waals surface area contributed by atoms with E-state index >= 15 is 0 Å². The summed E-state index contributed by atoms with van der Waals surface area (Å²) in [6.45, 7) is 0.811. The van der Waals surface area contributed by atoms with Gasteiger partial charge in [0.1, 0.15) is 30.5 Å². The molecule has 0 aromatic carbocycles. The molecular weight excluding hydrogens is 285 g/mol. The van der Waals surface area contributed by atoms with Gasteiger partial charge in [-0.1, -0.05) is 0 Å². The predicted molar refractivity (Wildman–Crippen MR) is 72.0 cm³/mol. The van der Waals surface area contributed by atoms with Crippen LogP contribution in [-0.4, -0.2) is 44.7 Å². The van der Waals surface area contributed by atoms with E-state index in [4.69, 9.17) is 15.6 Å². The summed E-state index contributed by atoms with van der Waals surface area (Å²) in [6.07, 6.45) is -2.04. The number of alkyl halides is 1. The van der Waals surface area contributed by atoms with Gasteiger partial charge in [0.2, 0.25) is 0 Å². The zero-order chi connectivity index (χ0) is 14.5. The molecule has 2 aromatic heterocycles. The topological polar surface area (TPSA) is 101 Å². The van der Waals surface area contributed by atoms with Gasteiger partial charge in [-0.3, -0.25) is 0 Å². The Bertz CT molecular complexity index is 648. The Balaban J connectivity index is 2.10. The first-order valence-electron chi connectivity index (χ1n) is 6.07. The van der Waals surface area contributed by atoms with Gasteiger partial charge in [0.25, 0.3) is 0 Å². The fraction of sp³-hybridized carbons (Fsp3) is 0.500. The highest BCUT2D eigenvalue weighted by Gasteiger charge is 2.55. The highest BCUT2D eigenvalue weighted by Crippen LogP contribution is 2.48. The van der Waals surface area contributed by atoms with Crippen LogP contribution in [-0.2, 0) is 4.74 Å². The van der Waals surface area contributed by atoms with Gasteiger partial charge in [-0.2, -0.15) is 0 Å². The third-order valence-electron chi connectivity index (χ3n) is 3.62. The van der Waals surface area contributed by atoms with Crippen LogP contribution in [0.4, 0.5) is 10.2 Å². The monoisotopic (exact) mass is 299 g/mol. The lowest BCUT2D eigenvalue weighted by molar-refractivity contribution is -0.0215. The number of halogens is 1. The molecule has 0 bridgehead atoms. The van der Waals surface area contributed by atoms with Crippen LogP contribution in [0.15, 0.2) is 11.7 Å². The van der Waals surface area contributed by atoms with Crippen molar-refractivity contribution < 1.29 is 19.3 Å². The van der Waals surface area contributed by atoms with Gasteiger partial charge < -0.3 is 20.7 Å². The molecular formula is C12H14FN3O3S. The zero-order valence-corrected chi connectivity index (χ0v) is 11.5. The minimum absolute atomic E-state index is 0.315. The summed E-state index contributed by atoms with van der Waals surface area (Å²) in [4.78, 5) is 8.53. The number of hydrogen-bond donors (Lipinski definition) is 3. The quantitative estimate of drug-likeness (QED) is 0.758. The van der Waals surface area contributed by atoms with Crippen molar-refractivity contribution in [3.8, 4) is 0 Å². The van der Waals surface area contributed by atoms with Crippen molar-refractivity contribution in [2.45, 2.75) is 30.9 Å². The highest BCUT2D eigenvalue weighted by atomic mass is 32.1. The summed E-state index contributed by atoms with van der Waals surface area (Å²) in [7, 11) is 0. The minimum Gasteiger partial charge on any atom is -0.394 e. The molecule has 2 aromatic rings. The van der Waals surface area contributed by atoms with Gasteiger partial charge >= 0.3 is 0 Å². The summed E-state index contributed by atoms with van der Waals surface area (Å²) >= 11 is 1.25. The number of aromatic nitrogens is 2. The van der Waals surface area contributed by atoms with Crippen molar-refractivity contribution in [1.82, 2.24) is 9.97 Å². The Morgan fingerprint density at radius 1 is 1.55 bits per heavy atom. The summed E-state index contributed by atoms with van der Waals surface area (Å²) in [5, 5.41) is 21.4. The predicted octanol–water partition coefficient (Wildman–Crippen LogP) is 0.795. The molecule has 1 fully saturated rings. The SMILES string of the molecule is C[C@@]1(F)[C@H](O)[C@@H](CO)O[C@H]1c1scc2c(N)ncnc12. The zero-order valence-electron chi connectivity index (χ0n) is 10.7. The lowest BCUT2D eigenvalue weighted by Gasteiger charge is -2.22. The van der Waals surface area contributed by atoms with Crippen molar-refractivity contribution in [1.29, 1.82) is 0 Å². The Morgan fingerprint density at radius 2 is 2.30 bits per heavy atom. The van der Waals surface area contributed by atoms with E-state index in [-0.39, 0.29) is 0 Å². The Labute approximate surface area is 118 Å². The third kappa shape index (κ3) is 1.80. The highest BCUT2D eigenvalue weighted by molar-refractivity contribution is 7.11. The number of aliphatic hydroxyl groups is 2. The number of nitrogens with two attached hydrogens (primary N) is 1. The van der Waals surface area contributed by atoms with Crippen LogP contribution in [0.1, 0.15) is 17.9 Å². The number of nitrogen functional groups attached to an aromatic ring is 1. The molecule has 1 aliphatic rings. The average Bonchev–Trinajstić information content (AvgIpc) is 2.92. The first-order valence-corrected chi connectivity index (χ1v) is 6.95. The van der Waals surface area contributed by atoms with Crippen molar-refractivity contribution in [2.75, 3.05) is 12.3 Å². The van der Waals surface area contributed by atoms with Crippen LogP contribution < -0.4 is 5.73 Å². The number of aliphatic hydroxyl groups excluding tert-OH is 2. The standard InChI is InChI=1S/C12H14FN3O3S/c1-12(13)9(18)6(2-17)19-10(12)8-7-5(3-20-8)11(14)16-4-15-7/h3-4,6,9-10,17-18H,2H2,1H3,(H2,14,15,16)/t6-,9-,10+,12-/m1/s1. The molecule has 1 saturated heterocycles. The molecule has 0 amide bonds. The number of fused-ring (bicyclic) bond motifs is 1. The van der Waals surface area contributed by atoms with Crippen molar-refractivity contribution in [3.05, 3.63) is 16.6 Å². The fourth-order valence-corrected chi connectivity index (χ4v) is 3.61. The first-order chi connectivity index (χ1) is 9.46. The van der Waals surface area contributed by atoms with E-state index in [1.807, 2.05) is 0 Å². The minimum atomic E-state index is -2.01. The Morgan fingerprint density at radius 3 is 2.95 bits per heavy atom. The molecule has 0 radical (unpaired) electrons. The average molecular weight is 299 g/mol. The van der Waals surface area contributed by atoms with Gasteiger partial charge in [0.05, 0.1) is 22.4 Å². The lowest BCUT2D eigenvalue weighted by Crippen LogP contribution is -2.39. The first kappa shape index (κ1) is 13.6. The van der Waals surface area contributed by atoms with Gasteiger partial charge in [0, 0.05) is 5.38 Å². The van der Waals surface area contributed by atoms with E-state index in [0.29, 0.717) is 21.6 Å². The molecule has 3 rings (SSSR count). The summed E-state index contributed by atoms with van der Waals surface area (Å²) in [5.74, 6) is 0.315. The molecule has 6 nitrogen and oxygen atoms in total. The normalized spacial score (nSPS) is 33.9. The number of nitrogens with zero attached hydrogens (tertiary/aromatic N) is 2. The fourth-order valence-electron chi connectivity index (χ4n) is 2.45. The van der Waals surface area contributed by atoms with Gasteiger partial charge in [-0.05, 0) is 6.92 Å². The second-order valence-corrected chi connectivity index (χ2v) is 5.87. The molecule has 3 heterocycles. The molecule has 0 unspecified atom stereocenters. The Kier molecular flexibility index (Phi) is 3.13. The third-order valence-corrected chi connectivity index (χ3v) is 4.64. The van der Waals surface area contributed by atoms with E-state index in [0.717, 1.165) is 0 Å². The second-order valence-electron chi connectivity index (χ2n) is 4.95. The van der Waals surface area contributed by atoms with Crippen LogP contribution >= 0.6 is 11.3 Å². The van der Waals surface area contributed by atoms with E-state index in [2.05, 4.69) is 9.97 Å². The van der Waals surface area contributed by atoms with E-state index < -0.39 is 30.6 Å². The van der Waals surface area contributed by atoms with Crippen LogP contribution in [0.5, 0.6) is 0 Å². The number of ether oxygens (including phenoxy) is 1. The molecule has 0 saturated carbocycles. The van der Waals surface area contributed by atoms with Gasteiger partial charge in [0.15, 0.2) is 5.67 Å². The Hall–Kier alpha value is -1.35. The van der Waals surface area contributed by atoms with Crippen LogP contribution in [0.3, 0.4) is 0 Å². The second kappa shape index (κ2) is 4.59. The van der Waals surface area contributed by atoms with Crippen molar-refractivity contribution >= 4 is 28.1 Å².